The summed E-state index contributed by atoms with van der Waals surface area (Å²) in [5.74, 6) is 1.63. The van der Waals surface area contributed by atoms with Gasteiger partial charge in [-0.2, -0.15) is 0 Å². The molecule has 0 aromatic heterocycles. The second-order valence-electron chi connectivity index (χ2n) is 4.50. The van der Waals surface area contributed by atoms with Crippen LogP contribution in [0.1, 0.15) is 25.7 Å². The van der Waals surface area contributed by atoms with Crippen LogP contribution in [0.5, 0.6) is 0 Å². The van der Waals surface area contributed by atoms with Crippen LogP contribution in [0.25, 0.3) is 0 Å². The van der Waals surface area contributed by atoms with Crippen molar-refractivity contribution in [1.29, 1.82) is 0 Å². The maximum atomic E-state index is 10.8. The van der Waals surface area contributed by atoms with Crippen molar-refractivity contribution in [2.75, 3.05) is 7.11 Å². The fourth-order valence-corrected chi connectivity index (χ4v) is 2.99. The highest BCUT2D eigenvalue weighted by Crippen LogP contribution is 2.44. The Kier molecular flexibility index (Phi) is 3.48. The van der Waals surface area contributed by atoms with Gasteiger partial charge >= 0.3 is 6.09 Å². The molecule has 1 amide bonds. The summed E-state index contributed by atoms with van der Waals surface area (Å²) in [7, 11) is 1.31. The third kappa shape index (κ3) is 2.55. The van der Waals surface area contributed by atoms with E-state index in [-0.39, 0.29) is 0 Å². The predicted molar refractivity (Wildman–Crippen MR) is 63.6 cm³/mol. The smallest absolute Gasteiger partial charge is 0.425 e. The number of carbonyl (C=O) groups excluding carboxylic acids is 1. The van der Waals surface area contributed by atoms with E-state index < -0.39 is 6.09 Å². The van der Waals surface area contributed by atoms with E-state index in [1.807, 2.05) is 0 Å². The average Bonchev–Trinajstić information content (AvgIpc) is 2.87. The van der Waals surface area contributed by atoms with E-state index in [2.05, 4.69) is 20.9 Å². The van der Waals surface area contributed by atoms with Crippen molar-refractivity contribution in [2.45, 2.75) is 31.7 Å². The summed E-state index contributed by atoms with van der Waals surface area (Å²) in [6.45, 7) is 0. The fourth-order valence-electron chi connectivity index (χ4n) is 2.78. The number of carbonyl (C=O) groups is 1. The Hall–Kier alpha value is -1.04. The lowest BCUT2D eigenvalue weighted by molar-refractivity contribution is 0.168. The number of nitrogens with one attached hydrogen (secondary N) is 3. The van der Waals surface area contributed by atoms with Crippen LogP contribution < -0.4 is 16.2 Å². The number of hydrogen-bond donors (Lipinski definition) is 3. The molecule has 5 nitrogen and oxygen atoms in total. The van der Waals surface area contributed by atoms with Gasteiger partial charge in [0.25, 0.3) is 0 Å². The summed E-state index contributed by atoms with van der Waals surface area (Å²) in [6, 6.07) is 0.471. The zero-order valence-electron chi connectivity index (χ0n) is 9.29. The van der Waals surface area contributed by atoms with Crippen molar-refractivity contribution in [3.05, 3.63) is 0 Å². The highest BCUT2D eigenvalue weighted by Gasteiger charge is 2.39. The highest BCUT2D eigenvalue weighted by atomic mass is 32.1. The number of thiocarbonyl (C=S) groups is 1. The molecule has 3 N–H and O–H groups in total. The van der Waals surface area contributed by atoms with Crippen molar-refractivity contribution in [3.8, 4) is 0 Å². The molecule has 0 aromatic rings. The minimum atomic E-state index is -0.544. The maximum Gasteiger partial charge on any atom is 0.425 e. The second kappa shape index (κ2) is 4.86. The molecule has 2 aliphatic rings. The molecule has 0 aromatic carbocycles. The minimum absolute atomic E-state index is 0.461. The van der Waals surface area contributed by atoms with Crippen LogP contribution >= 0.6 is 12.2 Å². The van der Waals surface area contributed by atoms with E-state index in [1.165, 1.54) is 32.8 Å². The summed E-state index contributed by atoms with van der Waals surface area (Å²) in [6.07, 6.45) is 4.64. The molecule has 2 saturated carbocycles. The Morgan fingerprint density at radius 1 is 1.31 bits per heavy atom. The van der Waals surface area contributed by atoms with E-state index >= 15 is 0 Å². The van der Waals surface area contributed by atoms with E-state index in [0.717, 1.165) is 11.8 Å². The molecule has 2 bridgehead atoms. The molecular weight excluding hydrogens is 226 g/mol. The van der Waals surface area contributed by atoms with Crippen LogP contribution in [0, 0.1) is 11.8 Å². The van der Waals surface area contributed by atoms with Gasteiger partial charge in [-0.15, -0.1) is 0 Å². The first kappa shape index (κ1) is 11.4. The van der Waals surface area contributed by atoms with E-state index in [9.17, 15) is 4.79 Å². The fraction of sp³-hybridized carbons (Fsp3) is 0.800. The van der Waals surface area contributed by atoms with Crippen LogP contribution in [-0.2, 0) is 4.74 Å². The quantitative estimate of drug-likeness (QED) is 0.472. The number of rotatable bonds is 1. The van der Waals surface area contributed by atoms with Gasteiger partial charge in [0.2, 0.25) is 0 Å². The molecular formula is C10H17N3O2S. The maximum absolute atomic E-state index is 10.8. The standard InChI is InChI=1S/C10H17N3O2S/c1-15-10(14)13-12-9(16)11-8-5-6-2-3-7(8)4-6/h6-8H,2-5H2,1H3,(H,13,14)(H2,11,12,16)/t6-,7-,8+/m1/s1. The van der Waals surface area contributed by atoms with Gasteiger partial charge in [-0.3, -0.25) is 5.43 Å². The number of amides is 1. The Morgan fingerprint density at radius 2 is 2.12 bits per heavy atom. The molecule has 2 aliphatic carbocycles. The summed E-state index contributed by atoms with van der Waals surface area (Å²) in [5, 5.41) is 3.70. The topological polar surface area (TPSA) is 62.4 Å². The third-order valence-corrected chi connectivity index (χ3v) is 3.74. The molecule has 0 aliphatic heterocycles. The van der Waals surface area contributed by atoms with E-state index in [4.69, 9.17) is 12.2 Å². The lowest BCUT2D eigenvalue weighted by Gasteiger charge is -2.24. The molecule has 0 radical (unpaired) electrons. The van der Waals surface area contributed by atoms with Crippen molar-refractivity contribution in [2.24, 2.45) is 11.8 Å². The van der Waals surface area contributed by atoms with Gasteiger partial charge in [0.1, 0.15) is 0 Å². The van der Waals surface area contributed by atoms with Crippen LogP contribution in [-0.4, -0.2) is 24.4 Å². The molecule has 2 rings (SSSR count). The molecule has 2 fully saturated rings. The number of hydrogen-bond acceptors (Lipinski definition) is 3. The molecule has 0 spiro atoms. The highest BCUT2D eigenvalue weighted by molar-refractivity contribution is 7.80. The van der Waals surface area contributed by atoms with Gasteiger partial charge in [-0.25, -0.2) is 10.2 Å². The van der Waals surface area contributed by atoms with Gasteiger partial charge in [-0.05, 0) is 43.3 Å². The SMILES string of the molecule is COC(=O)NNC(=S)N[C@H]1C[C@@H]2CC[C@@H]1C2. The van der Waals surface area contributed by atoms with Crippen LogP contribution in [0.4, 0.5) is 4.79 Å². The van der Waals surface area contributed by atoms with Crippen molar-refractivity contribution in [3.63, 3.8) is 0 Å². The summed E-state index contributed by atoms with van der Waals surface area (Å²) in [5.41, 5.74) is 4.95. The van der Waals surface area contributed by atoms with Gasteiger partial charge in [-0.1, -0.05) is 6.42 Å². The molecule has 0 saturated heterocycles. The molecule has 90 valence electrons. The van der Waals surface area contributed by atoms with Gasteiger partial charge in [0.05, 0.1) is 7.11 Å². The van der Waals surface area contributed by atoms with Gasteiger partial charge < -0.3 is 10.1 Å². The summed E-state index contributed by atoms with van der Waals surface area (Å²) < 4.78 is 4.42. The lowest BCUT2D eigenvalue weighted by atomic mass is 9.96. The predicted octanol–water partition coefficient (Wildman–Crippen LogP) is 0.910. The normalized spacial score (nSPS) is 30.9. The zero-order valence-corrected chi connectivity index (χ0v) is 10.1. The van der Waals surface area contributed by atoms with Crippen molar-refractivity contribution < 1.29 is 9.53 Å². The lowest BCUT2D eigenvalue weighted by Crippen LogP contribution is -2.50. The first-order valence-electron chi connectivity index (χ1n) is 5.59. The van der Waals surface area contributed by atoms with Crippen LogP contribution in [0.2, 0.25) is 0 Å². The first-order chi connectivity index (χ1) is 7.69. The van der Waals surface area contributed by atoms with Crippen LogP contribution in [0.3, 0.4) is 0 Å². The molecule has 0 unspecified atom stereocenters. The number of hydrazine groups is 1. The second-order valence-corrected chi connectivity index (χ2v) is 4.90. The number of methoxy groups -OCH3 is 1. The van der Waals surface area contributed by atoms with Crippen molar-refractivity contribution >= 4 is 23.4 Å². The molecule has 6 heteroatoms. The van der Waals surface area contributed by atoms with E-state index in [1.54, 1.807) is 0 Å². The third-order valence-electron chi connectivity index (χ3n) is 3.52. The average molecular weight is 243 g/mol. The number of ether oxygens (including phenoxy) is 1. The molecule has 3 atom stereocenters. The Balaban J connectivity index is 1.69. The molecule has 16 heavy (non-hydrogen) atoms. The number of fused-ring (bicyclic) bond motifs is 2. The Bertz CT molecular complexity index is 298. The van der Waals surface area contributed by atoms with Crippen molar-refractivity contribution in [1.82, 2.24) is 16.2 Å². The first-order valence-corrected chi connectivity index (χ1v) is 6.00. The van der Waals surface area contributed by atoms with E-state index in [0.29, 0.717) is 11.2 Å². The zero-order chi connectivity index (χ0) is 11.5. The largest absolute Gasteiger partial charge is 0.452 e. The monoisotopic (exact) mass is 243 g/mol. The van der Waals surface area contributed by atoms with Crippen LogP contribution in [0.15, 0.2) is 0 Å². The Morgan fingerprint density at radius 3 is 2.69 bits per heavy atom. The van der Waals surface area contributed by atoms with Gasteiger partial charge in [0, 0.05) is 6.04 Å². The van der Waals surface area contributed by atoms with Gasteiger partial charge in [0.15, 0.2) is 5.11 Å². The minimum Gasteiger partial charge on any atom is -0.452 e. The summed E-state index contributed by atoms with van der Waals surface area (Å²) in [4.78, 5) is 10.8. The Labute approximate surface area is 100 Å². The molecule has 0 heterocycles. The summed E-state index contributed by atoms with van der Waals surface area (Å²) >= 11 is 5.08.